The van der Waals surface area contributed by atoms with Crippen LogP contribution < -0.4 is 5.32 Å². The highest BCUT2D eigenvalue weighted by atomic mass is 16.3. The molecular weight excluding hydrogens is 178 g/mol. The molecule has 2 aromatic rings. The highest BCUT2D eigenvalue weighted by Crippen LogP contribution is 2.27. The Hall–Kier alpha value is -2.03. The second kappa shape index (κ2) is 3.79. The summed E-state index contributed by atoms with van der Waals surface area (Å²) in [6.07, 6.45) is 2.26. The molecule has 0 saturated heterocycles. The van der Waals surface area contributed by atoms with Crippen LogP contribution in [0, 0.1) is 0 Å². The fraction of sp³-hybridized carbons (Fsp3) is 0. The molecule has 1 aromatic heterocycles. The molecule has 14 heavy (non-hydrogen) atoms. The topological polar surface area (TPSA) is 42.2 Å². The van der Waals surface area contributed by atoms with Gasteiger partial charge in [-0.2, -0.15) is 0 Å². The van der Waals surface area contributed by atoms with E-state index in [0.29, 0.717) is 6.41 Å². The lowest BCUT2D eigenvalue weighted by molar-refractivity contribution is -0.105. The molecule has 1 N–H and O–H groups in total. The molecule has 0 radical (unpaired) electrons. The van der Waals surface area contributed by atoms with Crippen LogP contribution in [0.1, 0.15) is 0 Å². The van der Waals surface area contributed by atoms with Crippen LogP contribution in [0.2, 0.25) is 0 Å². The van der Waals surface area contributed by atoms with E-state index in [1.165, 1.54) is 0 Å². The van der Waals surface area contributed by atoms with Gasteiger partial charge in [-0.05, 0) is 24.3 Å². The average Bonchev–Trinajstić information content (AvgIpc) is 2.72. The zero-order valence-corrected chi connectivity index (χ0v) is 7.44. The molecule has 0 bridgehead atoms. The van der Waals surface area contributed by atoms with Crippen LogP contribution in [0.15, 0.2) is 47.1 Å². The molecule has 0 atom stereocenters. The number of anilines is 1. The second-order valence-electron chi connectivity index (χ2n) is 2.79. The quantitative estimate of drug-likeness (QED) is 0.750. The fourth-order valence-corrected chi connectivity index (χ4v) is 1.32. The molecule has 1 heterocycles. The largest absolute Gasteiger partial charge is 0.464 e. The predicted octanol–water partition coefficient (Wildman–Crippen LogP) is 2.51. The maximum atomic E-state index is 10.4. The van der Waals surface area contributed by atoms with Crippen LogP contribution >= 0.6 is 0 Å². The summed E-state index contributed by atoms with van der Waals surface area (Å²) in [7, 11) is 0. The van der Waals surface area contributed by atoms with Crippen LogP contribution in [0.25, 0.3) is 11.3 Å². The number of rotatable bonds is 3. The first-order valence-corrected chi connectivity index (χ1v) is 4.25. The van der Waals surface area contributed by atoms with E-state index >= 15 is 0 Å². The Balaban J connectivity index is 2.46. The van der Waals surface area contributed by atoms with Crippen LogP contribution in [0.3, 0.4) is 0 Å². The summed E-state index contributed by atoms with van der Waals surface area (Å²) >= 11 is 0. The molecule has 1 aromatic carbocycles. The van der Waals surface area contributed by atoms with Gasteiger partial charge in [-0.25, -0.2) is 0 Å². The third kappa shape index (κ3) is 1.52. The van der Waals surface area contributed by atoms with E-state index in [1.807, 2.05) is 36.4 Å². The lowest BCUT2D eigenvalue weighted by Crippen LogP contribution is -1.95. The number of para-hydroxylation sites is 1. The summed E-state index contributed by atoms with van der Waals surface area (Å²) in [5, 5.41) is 2.62. The lowest BCUT2D eigenvalue weighted by atomic mass is 10.1. The molecule has 3 nitrogen and oxygen atoms in total. The van der Waals surface area contributed by atoms with Crippen molar-refractivity contribution in [3.05, 3.63) is 42.7 Å². The van der Waals surface area contributed by atoms with Crippen molar-refractivity contribution in [1.82, 2.24) is 0 Å². The third-order valence-electron chi connectivity index (χ3n) is 1.93. The first-order valence-electron chi connectivity index (χ1n) is 4.25. The summed E-state index contributed by atoms with van der Waals surface area (Å²) in [5.41, 5.74) is 1.63. The molecule has 0 fully saturated rings. The predicted molar refractivity (Wildman–Crippen MR) is 53.8 cm³/mol. The standard InChI is InChI=1S/C11H9NO2/c13-8-12-10-5-2-1-4-9(10)11-6-3-7-14-11/h1-8H,(H,12,13). The lowest BCUT2D eigenvalue weighted by Gasteiger charge is -2.04. The van der Waals surface area contributed by atoms with E-state index in [1.54, 1.807) is 6.26 Å². The van der Waals surface area contributed by atoms with Gasteiger partial charge in [0.05, 0.1) is 12.0 Å². The van der Waals surface area contributed by atoms with Gasteiger partial charge in [-0.3, -0.25) is 4.79 Å². The zero-order valence-electron chi connectivity index (χ0n) is 7.44. The Morgan fingerprint density at radius 3 is 2.71 bits per heavy atom. The van der Waals surface area contributed by atoms with Crippen molar-refractivity contribution < 1.29 is 9.21 Å². The molecule has 70 valence electrons. The maximum absolute atomic E-state index is 10.4. The SMILES string of the molecule is O=CNc1ccccc1-c1ccco1. The van der Waals surface area contributed by atoms with Crippen molar-refractivity contribution in [1.29, 1.82) is 0 Å². The van der Waals surface area contributed by atoms with E-state index < -0.39 is 0 Å². The number of amides is 1. The number of carbonyl (C=O) groups excluding carboxylic acids is 1. The molecule has 0 aliphatic rings. The van der Waals surface area contributed by atoms with E-state index in [2.05, 4.69) is 5.32 Å². The van der Waals surface area contributed by atoms with Crippen molar-refractivity contribution in [2.24, 2.45) is 0 Å². The Kier molecular flexibility index (Phi) is 2.32. The average molecular weight is 187 g/mol. The Morgan fingerprint density at radius 2 is 2.00 bits per heavy atom. The maximum Gasteiger partial charge on any atom is 0.211 e. The normalized spacial score (nSPS) is 9.71. The molecule has 1 amide bonds. The number of benzene rings is 1. The van der Waals surface area contributed by atoms with Crippen molar-refractivity contribution in [2.45, 2.75) is 0 Å². The molecule has 0 aliphatic carbocycles. The number of hydrogen-bond donors (Lipinski definition) is 1. The van der Waals surface area contributed by atoms with Crippen molar-refractivity contribution in [3.63, 3.8) is 0 Å². The first kappa shape index (κ1) is 8.56. The molecule has 0 unspecified atom stereocenters. The summed E-state index contributed by atoms with van der Waals surface area (Å²) in [5.74, 6) is 0.745. The Bertz CT molecular complexity index is 421. The van der Waals surface area contributed by atoms with Gasteiger partial charge in [-0.15, -0.1) is 0 Å². The highest BCUT2D eigenvalue weighted by Gasteiger charge is 2.05. The van der Waals surface area contributed by atoms with Crippen molar-refractivity contribution >= 4 is 12.1 Å². The van der Waals surface area contributed by atoms with Crippen LogP contribution in [-0.2, 0) is 4.79 Å². The monoisotopic (exact) mass is 187 g/mol. The number of hydrogen-bond acceptors (Lipinski definition) is 2. The fourth-order valence-electron chi connectivity index (χ4n) is 1.32. The van der Waals surface area contributed by atoms with Crippen LogP contribution in [0.4, 0.5) is 5.69 Å². The Labute approximate surface area is 81.4 Å². The van der Waals surface area contributed by atoms with Crippen LogP contribution in [-0.4, -0.2) is 6.41 Å². The number of carbonyl (C=O) groups is 1. The van der Waals surface area contributed by atoms with E-state index in [0.717, 1.165) is 17.0 Å². The molecule has 2 rings (SSSR count). The van der Waals surface area contributed by atoms with Gasteiger partial charge in [0.2, 0.25) is 6.41 Å². The van der Waals surface area contributed by atoms with Gasteiger partial charge in [-0.1, -0.05) is 12.1 Å². The Morgan fingerprint density at radius 1 is 1.14 bits per heavy atom. The third-order valence-corrected chi connectivity index (χ3v) is 1.93. The minimum absolute atomic E-state index is 0.655. The number of furan rings is 1. The van der Waals surface area contributed by atoms with E-state index in [-0.39, 0.29) is 0 Å². The first-order chi connectivity index (χ1) is 6.92. The van der Waals surface area contributed by atoms with Gasteiger partial charge < -0.3 is 9.73 Å². The van der Waals surface area contributed by atoms with E-state index in [9.17, 15) is 4.79 Å². The number of nitrogens with one attached hydrogen (secondary N) is 1. The molecule has 0 spiro atoms. The van der Waals surface area contributed by atoms with Gasteiger partial charge in [0.25, 0.3) is 0 Å². The highest BCUT2D eigenvalue weighted by molar-refractivity contribution is 5.83. The van der Waals surface area contributed by atoms with Gasteiger partial charge in [0.1, 0.15) is 5.76 Å². The molecule has 3 heteroatoms. The van der Waals surface area contributed by atoms with Crippen molar-refractivity contribution in [3.8, 4) is 11.3 Å². The minimum atomic E-state index is 0.655. The van der Waals surface area contributed by atoms with Gasteiger partial charge >= 0.3 is 0 Å². The summed E-state index contributed by atoms with van der Waals surface area (Å²) in [4.78, 5) is 10.4. The van der Waals surface area contributed by atoms with Gasteiger partial charge in [0.15, 0.2) is 0 Å². The smallest absolute Gasteiger partial charge is 0.211 e. The second-order valence-corrected chi connectivity index (χ2v) is 2.79. The molecular formula is C11H9NO2. The zero-order chi connectivity index (χ0) is 9.80. The molecule has 0 saturated carbocycles. The minimum Gasteiger partial charge on any atom is -0.464 e. The summed E-state index contributed by atoms with van der Waals surface area (Å²) < 4.78 is 5.25. The van der Waals surface area contributed by atoms with Gasteiger partial charge in [0, 0.05) is 5.56 Å². The molecule has 0 aliphatic heterocycles. The van der Waals surface area contributed by atoms with Crippen molar-refractivity contribution in [2.75, 3.05) is 5.32 Å². The van der Waals surface area contributed by atoms with E-state index in [4.69, 9.17) is 4.42 Å². The summed E-state index contributed by atoms with van der Waals surface area (Å²) in [6, 6.07) is 11.1. The summed E-state index contributed by atoms with van der Waals surface area (Å²) in [6.45, 7) is 0. The van der Waals surface area contributed by atoms with Crippen LogP contribution in [0.5, 0.6) is 0 Å².